The molecule has 2 N–H and O–H groups in total. The van der Waals surface area contributed by atoms with E-state index in [-0.39, 0.29) is 24.3 Å². The summed E-state index contributed by atoms with van der Waals surface area (Å²) in [7, 11) is 1.47. The third-order valence-corrected chi connectivity index (χ3v) is 6.15. The Morgan fingerprint density at radius 1 is 1.13 bits per heavy atom. The van der Waals surface area contributed by atoms with E-state index in [4.69, 9.17) is 9.72 Å². The van der Waals surface area contributed by atoms with Gasteiger partial charge in [-0.1, -0.05) is 23.5 Å². The van der Waals surface area contributed by atoms with E-state index in [9.17, 15) is 9.59 Å². The van der Waals surface area contributed by atoms with Gasteiger partial charge in [-0.05, 0) is 49.2 Å². The molecule has 156 valence electrons. The molecule has 2 heterocycles. The number of aromatic nitrogens is 1. The maximum absolute atomic E-state index is 12.8. The number of fused-ring (bicyclic) bond motifs is 1. The zero-order valence-electron chi connectivity index (χ0n) is 16.8. The molecule has 0 spiro atoms. The SMILES string of the molecule is COCC(=O)Nc1ccc(NC(=O)C2CCCN(c3nc4ccccc4s3)C2)cc1. The highest BCUT2D eigenvalue weighted by Gasteiger charge is 2.27. The molecule has 2 aromatic carbocycles. The van der Waals surface area contributed by atoms with Crippen molar-refractivity contribution in [2.75, 3.05) is 42.3 Å². The van der Waals surface area contributed by atoms with Crippen LogP contribution in [0.4, 0.5) is 16.5 Å². The van der Waals surface area contributed by atoms with Gasteiger partial charge in [0.2, 0.25) is 11.8 Å². The number of benzene rings is 2. The number of nitrogens with zero attached hydrogens (tertiary/aromatic N) is 2. The molecule has 7 nitrogen and oxygen atoms in total. The first-order valence-corrected chi connectivity index (χ1v) is 10.7. The van der Waals surface area contributed by atoms with Crippen LogP contribution >= 0.6 is 11.3 Å². The average Bonchev–Trinajstić information content (AvgIpc) is 3.20. The molecule has 0 aliphatic carbocycles. The van der Waals surface area contributed by atoms with Crippen molar-refractivity contribution >= 4 is 49.9 Å². The van der Waals surface area contributed by atoms with Gasteiger partial charge in [-0.15, -0.1) is 0 Å². The molecule has 3 aromatic rings. The molecule has 1 unspecified atom stereocenters. The van der Waals surface area contributed by atoms with Crippen LogP contribution in [0.2, 0.25) is 0 Å². The number of hydrogen-bond acceptors (Lipinski definition) is 6. The van der Waals surface area contributed by atoms with Gasteiger partial charge < -0.3 is 20.3 Å². The van der Waals surface area contributed by atoms with Crippen LogP contribution < -0.4 is 15.5 Å². The van der Waals surface area contributed by atoms with Crippen LogP contribution in [0.3, 0.4) is 0 Å². The Morgan fingerprint density at radius 3 is 2.60 bits per heavy atom. The highest BCUT2D eigenvalue weighted by Crippen LogP contribution is 2.31. The normalized spacial score (nSPS) is 16.4. The zero-order chi connectivity index (χ0) is 20.9. The molecular formula is C22H24N4O3S. The topological polar surface area (TPSA) is 83.6 Å². The molecule has 1 aliphatic rings. The summed E-state index contributed by atoms with van der Waals surface area (Å²) in [6.45, 7) is 1.58. The second-order valence-electron chi connectivity index (χ2n) is 7.30. The number of piperidine rings is 1. The average molecular weight is 425 g/mol. The largest absolute Gasteiger partial charge is 0.375 e. The molecule has 1 aliphatic heterocycles. The second kappa shape index (κ2) is 9.23. The van der Waals surface area contributed by atoms with E-state index in [1.807, 2.05) is 18.2 Å². The van der Waals surface area contributed by atoms with E-state index < -0.39 is 0 Å². The Hall–Kier alpha value is -2.97. The third-order valence-electron chi connectivity index (χ3n) is 5.06. The number of anilines is 3. The monoisotopic (exact) mass is 424 g/mol. The lowest BCUT2D eigenvalue weighted by molar-refractivity contribution is -0.120. The lowest BCUT2D eigenvalue weighted by atomic mass is 9.97. The summed E-state index contributed by atoms with van der Waals surface area (Å²) in [5, 5.41) is 6.71. The van der Waals surface area contributed by atoms with Gasteiger partial charge in [0, 0.05) is 31.6 Å². The standard InChI is InChI=1S/C22H24N4O3S/c1-29-14-20(27)23-16-8-10-17(11-9-16)24-21(28)15-5-4-12-26(13-15)22-25-18-6-2-3-7-19(18)30-22/h2-3,6-11,15H,4-5,12-14H2,1H3,(H,23,27)(H,24,28). The van der Waals surface area contributed by atoms with E-state index in [0.29, 0.717) is 17.9 Å². The lowest BCUT2D eigenvalue weighted by Gasteiger charge is -2.31. The number of hydrogen-bond donors (Lipinski definition) is 2. The predicted molar refractivity (Wildman–Crippen MR) is 120 cm³/mol. The van der Waals surface area contributed by atoms with Crippen LogP contribution in [0.25, 0.3) is 10.2 Å². The summed E-state index contributed by atoms with van der Waals surface area (Å²) >= 11 is 1.67. The molecule has 0 saturated carbocycles. The summed E-state index contributed by atoms with van der Waals surface area (Å²) in [4.78, 5) is 31.3. The summed E-state index contributed by atoms with van der Waals surface area (Å²) in [5.74, 6) is -0.296. The molecule has 8 heteroatoms. The molecule has 2 amide bonds. The molecule has 30 heavy (non-hydrogen) atoms. The molecule has 0 bridgehead atoms. The number of thiazole rings is 1. The number of amides is 2. The van der Waals surface area contributed by atoms with Crippen molar-refractivity contribution in [3.05, 3.63) is 48.5 Å². The van der Waals surface area contributed by atoms with E-state index in [1.165, 1.54) is 7.11 Å². The second-order valence-corrected chi connectivity index (χ2v) is 8.31. The minimum atomic E-state index is -0.216. The minimum Gasteiger partial charge on any atom is -0.375 e. The Kier molecular flexibility index (Phi) is 6.25. The van der Waals surface area contributed by atoms with Crippen molar-refractivity contribution in [3.63, 3.8) is 0 Å². The zero-order valence-corrected chi connectivity index (χ0v) is 17.6. The molecule has 4 rings (SSSR count). The van der Waals surface area contributed by atoms with Crippen LogP contribution in [0.1, 0.15) is 12.8 Å². The summed E-state index contributed by atoms with van der Waals surface area (Å²) in [5.41, 5.74) is 2.37. The Morgan fingerprint density at radius 2 is 1.87 bits per heavy atom. The Balaban J connectivity index is 1.36. The van der Waals surface area contributed by atoms with Gasteiger partial charge in [-0.2, -0.15) is 0 Å². The van der Waals surface area contributed by atoms with Crippen LogP contribution in [0, 0.1) is 5.92 Å². The number of carbonyl (C=O) groups is 2. The van der Waals surface area contributed by atoms with Crippen molar-refractivity contribution < 1.29 is 14.3 Å². The fourth-order valence-electron chi connectivity index (χ4n) is 3.57. The third kappa shape index (κ3) is 4.77. The van der Waals surface area contributed by atoms with E-state index >= 15 is 0 Å². The quantitative estimate of drug-likeness (QED) is 0.630. The van der Waals surface area contributed by atoms with Crippen LogP contribution in [0.15, 0.2) is 48.5 Å². The smallest absolute Gasteiger partial charge is 0.250 e. The lowest BCUT2D eigenvalue weighted by Crippen LogP contribution is -2.40. The first-order chi connectivity index (χ1) is 14.6. The molecule has 1 saturated heterocycles. The van der Waals surface area contributed by atoms with E-state index in [0.717, 1.165) is 34.7 Å². The molecular weight excluding hydrogens is 400 g/mol. The number of nitrogens with one attached hydrogen (secondary N) is 2. The van der Waals surface area contributed by atoms with Gasteiger partial charge in [0.05, 0.1) is 16.1 Å². The molecule has 1 aromatic heterocycles. The highest BCUT2D eigenvalue weighted by molar-refractivity contribution is 7.22. The number of ether oxygens (including phenoxy) is 1. The fraction of sp³-hybridized carbons (Fsp3) is 0.318. The number of para-hydroxylation sites is 1. The highest BCUT2D eigenvalue weighted by atomic mass is 32.1. The summed E-state index contributed by atoms with van der Waals surface area (Å²) in [6.07, 6.45) is 1.82. The Labute approximate surface area is 179 Å². The number of carbonyl (C=O) groups excluding carboxylic acids is 2. The predicted octanol–water partition coefficient (Wildman–Crippen LogP) is 3.74. The van der Waals surface area contributed by atoms with Gasteiger partial charge in [-0.25, -0.2) is 4.98 Å². The summed E-state index contributed by atoms with van der Waals surface area (Å²) < 4.78 is 5.96. The van der Waals surface area contributed by atoms with Crippen molar-refractivity contribution in [1.29, 1.82) is 0 Å². The van der Waals surface area contributed by atoms with Crippen molar-refractivity contribution in [2.24, 2.45) is 5.92 Å². The van der Waals surface area contributed by atoms with Crippen LogP contribution in [-0.2, 0) is 14.3 Å². The fourth-order valence-corrected chi connectivity index (χ4v) is 4.57. The van der Waals surface area contributed by atoms with Gasteiger partial charge >= 0.3 is 0 Å². The van der Waals surface area contributed by atoms with Crippen molar-refractivity contribution in [3.8, 4) is 0 Å². The van der Waals surface area contributed by atoms with E-state index in [2.05, 4.69) is 21.6 Å². The van der Waals surface area contributed by atoms with Gasteiger partial charge in [0.1, 0.15) is 6.61 Å². The van der Waals surface area contributed by atoms with Gasteiger partial charge in [0.15, 0.2) is 5.13 Å². The maximum Gasteiger partial charge on any atom is 0.250 e. The van der Waals surface area contributed by atoms with E-state index in [1.54, 1.807) is 35.6 Å². The Bertz CT molecular complexity index is 1000. The molecule has 0 radical (unpaired) electrons. The molecule has 1 fully saturated rings. The van der Waals surface area contributed by atoms with Gasteiger partial charge in [0.25, 0.3) is 0 Å². The minimum absolute atomic E-state index is 0.00528. The van der Waals surface area contributed by atoms with Crippen molar-refractivity contribution in [1.82, 2.24) is 4.98 Å². The molecule has 1 atom stereocenters. The number of rotatable bonds is 6. The van der Waals surface area contributed by atoms with Crippen LogP contribution in [-0.4, -0.2) is 43.6 Å². The van der Waals surface area contributed by atoms with Crippen molar-refractivity contribution in [2.45, 2.75) is 12.8 Å². The first kappa shape index (κ1) is 20.3. The number of methoxy groups -OCH3 is 1. The summed E-state index contributed by atoms with van der Waals surface area (Å²) in [6, 6.07) is 15.2. The van der Waals surface area contributed by atoms with Crippen LogP contribution in [0.5, 0.6) is 0 Å². The maximum atomic E-state index is 12.8. The van der Waals surface area contributed by atoms with Gasteiger partial charge in [-0.3, -0.25) is 9.59 Å². The first-order valence-electron chi connectivity index (χ1n) is 9.92.